The molecule has 0 saturated heterocycles. The molecule has 1 aromatic rings. The first kappa shape index (κ1) is 14.8. The van der Waals surface area contributed by atoms with Crippen LogP contribution in [0.1, 0.15) is 31.3 Å². The van der Waals surface area contributed by atoms with Gasteiger partial charge < -0.3 is 4.74 Å². The minimum Gasteiger partial charge on any atom is -0.465 e. The Bertz CT molecular complexity index is 428. The van der Waals surface area contributed by atoms with E-state index in [0.29, 0.717) is 0 Å². The van der Waals surface area contributed by atoms with Gasteiger partial charge in [-0.3, -0.25) is 14.6 Å². The van der Waals surface area contributed by atoms with Crippen molar-refractivity contribution in [2.45, 2.75) is 20.8 Å². The van der Waals surface area contributed by atoms with Gasteiger partial charge in [-0.1, -0.05) is 13.8 Å². The maximum Gasteiger partial charge on any atom is 0.317 e. The lowest BCUT2D eigenvalue weighted by Gasteiger charge is -2.17. The van der Waals surface area contributed by atoms with Gasteiger partial charge in [0.05, 0.1) is 6.61 Å². The molecule has 0 fully saturated rings. The molecule has 1 rings (SSSR count). The third kappa shape index (κ3) is 3.63. The molecule has 0 aliphatic heterocycles. The highest BCUT2D eigenvalue weighted by atomic mass is 79.9. The molecule has 0 N–H and O–H groups in total. The Morgan fingerprint density at radius 3 is 2.50 bits per heavy atom. The summed E-state index contributed by atoms with van der Waals surface area (Å²) in [5, 5.41) is 0. The van der Waals surface area contributed by atoms with Crippen molar-refractivity contribution in [2.24, 2.45) is 11.8 Å². The van der Waals surface area contributed by atoms with Crippen molar-refractivity contribution >= 4 is 27.7 Å². The highest BCUT2D eigenvalue weighted by Gasteiger charge is 2.32. The highest BCUT2D eigenvalue weighted by molar-refractivity contribution is 9.10. The number of rotatable bonds is 5. The zero-order valence-electron chi connectivity index (χ0n) is 10.6. The Balaban J connectivity index is 2.96. The Kier molecular flexibility index (Phi) is 5.47. The van der Waals surface area contributed by atoms with E-state index < -0.39 is 11.9 Å². The summed E-state index contributed by atoms with van der Waals surface area (Å²) in [5.74, 6) is -1.70. The second-order valence-electron chi connectivity index (χ2n) is 4.20. The molecule has 1 unspecified atom stereocenters. The second kappa shape index (κ2) is 6.64. The van der Waals surface area contributed by atoms with Crippen LogP contribution in [0.25, 0.3) is 0 Å². The Labute approximate surface area is 115 Å². The number of carbonyl (C=O) groups is 2. The highest BCUT2D eigenvalue weighted by Crippen LogP contribution is 2.19. The molecule has 1 aromatic heterocycles. The van der Waals surface area contributed by atoms with Gasteiger partial charge in [0.15, 0.2) is 5.78 Å². The van der Waals surface area contributed by atoms with Crippen LogP contribution in [0.4, 0.5) is 0 Å². The first-order chi connectivity index (χ1) is 8.47. The van der Waals surface area contributed by atoms with Crippen molar-refractivity contribution in [2.75, 3.05) is 6.61 Å². The summed E-state index contributed by atoms with van der Waals surface area (Å²) in [6, 6.07) is 3.32. The molecule has 0 amide bonds. The van der Waals surface area contributed by atoms with Gasteiger partial charge in [-0.05, 0) is 40.9 Å². The molecule has 0 bridgehead atoms. The summed E-state index contributed by atoms with van der Waals surface area (Å²) in [5.41, 5.74) is 0.282. The topological polar surface area (TPSA) is 56.3 Å². The van der Waals surface area contributed by atoms with E-state index >= 15 is 0 Å². The molecule has 4 nitrogen and oxygen atoms in total. The summed E-state index contributed by atoms with van der Waals surface area (Å²) in [4.78, 5) is 28.0. The van der Waals surface area contributed by atoms with Crippen molar-refractivity contribution in [3.63, 3.8) is 0 Å². The third-order valence-corrected chi connectivity index (χ3v) is 2.94. The van der Waals surface area contributed by atoms with Crippen LogP contribution in [0.15, 0.2) is 22.8 Å². The number of Topliss-reactive ketones (excluding diaryl/α,β-unsaturated/α-hetero) is 1. The third-order valence-electron chi connectivity index (χ3n) is 2.47. The number of aromatic nitrogens is 1. The van der Waals surface area contributed by atoms with E-state index in [9.17, 15) is 9.59 Å². The average Bonchev–Trinajstić information content (AvgIpc) is 2.29. The van der Waals surface area contributed by atoms with Crippen LogP contribution in [0.3, 0.4) is 0 Å². The number of hydrogen-bond donors (Lipinski definition) is 0. The minimum atomic E-state index is -0.793. The average molecular weight is 314 g/mol. The van der Waals surface area contributed by atoms with E-state index in [-0.39, 0.29) is 24.0 Å². The minimum absolute atomic E-state index is 0.123. The summed E-state index contributed by atoms with van der Waals surface area (Å²) < 4.78 is 5.72. The number of ether oxygens (including phenoxy) is 1. The summed E-state index contributed by atoms with van der Waals surface area (Å²) >= 11 is 3.25. The van der Waals surface area contributed by atoms with Crippen LogP contribution in [-0.2, 0) is 9.53 Å². The van der Waals surface area contributed by atoms with Gasteiger partial charge in [0.25, 0.3) is 0 Å². The molecule has 0 aliphatic carbocycles. The van der Waals surface area contributed by atoms with Crippen LogP contribution < -0.4 is 0 Å². The molecule has 5 heteroatoms. The van der Waals surface area contributed by atoms with Gasteiger partial charge in [0, 0.05) is 10.7 Å². The monoisotopic (exact) mass is 313 g/mol. The van der Waals surface area contributed by atoms with E-state index in [0.717, 1.165) is 4.47 Å². The number of ketones is 1. The number of pyridine rings is 1. The SMILES string of the molecule is CCOC(=O)C(C(=O)c1ccc(Br)cn1)C(C)C. The molecule has 0 saturated carbocycles. The fraction of sp³-hybridized carbons (Fsp3) is 0.462. The van der Waals surface area contributed by atoms with Crippen molar-refractivity contribution in [1.82, 2.24) is 4.98 Å². The lowest BCUT2D eigenvalue weighted by atomic mass is 9.90. The van der Waals surface area contributed by atoms with E-state index in [1.165, 1.54) is 6.20 Å². The first-order valence-electron chi connectivity index (χ1n) is 5.79. The summed E-state index contributed by atoms with van der Waals surface area (Å²) in [7, 11) is 0. The lowest BCUT2D eigenvalue weighted by molar-refractivity contribution is -0.147. The van der Waals surface area contributed by atoms with Crippen molar-refractivity contribution in [1.29, 1.82) is 0 Å². The van der Waals surface area contributed by atoms with Crippen molar-refractivity contribution in [3.05, 3.63) is 28.5 Å². The molecule has 0 aromatic carbocycles. The van der Waals surface area contributed by atoms with Crippen LogP contribution in [-0.4, -0.2) is 23.3 Å². The predicted molar refractivity (Wildman–Crippen MR) is 71.2 cm³/mol. The predicted octanol–water partition coefficient (Wildman–Crippen LogP) is 2.86. The molecule has 0 spiro atoms. The first-order valence-corrected chi connectivity index (χ1v) is 6.59. The molecular formula is C13H16BrNO3. The summed E-state index contributed by atoms with van der Waals surface area (Å²) in [6.45, 7) is 5.62. The Hall–Kier alpha value is -1.23. The smallest absolute Gasteiger partial charge is 0.317 e. The van der Waals surface area contributed by atoms with Gasteiger partial charge in [0.2, 0.25) is 0 Å². The van der Waals surface area contributed by atoms with Crippen molar-refractivity contribution in [3.8, 4) is 0 Å². The number of halogens is 1. The zero-order chi connectivity index (χ0) is 13.7. The summed E-state index contributed by atoms with van der Waals surface area (Å²) in [6.07, 6.45) is 1.54. The van der Waals surface area contributed by atoms with Gasteiger partial charge in [-0.2, -0.15) is 0 Å². The van der Waals surface area contributed by atoms with Crippen molar-refractivity contribution < 1.29 is 14.3 Å². The lowest BCUT2D eigenvalue weighted by Crippen LogP contribution is -2.31. The quantitative estimate of drug-likeness (QED) is 0.476. The van der Waals surface area contributed by atoms with E-state index in [1.807, 2.05) is 13.8 Å². The van der Waals surface area contributed by atoms with E-state index in [1.54, 1.807) is 19.1 Å². The number of hydrogen-bond acceptors (Lipinski definition) is 4. The van der Waals surface area contributed by atoms with Gasteiger partial charge in [0.1, 0.15) is 11.6 Å². The van der Waals surface area contributed by atoms with Crippen LogP contribution in [0.5, 0.6) is 0 Å². The van der Waals surface area contributed by atoms with Gasteiger partial charge in [-0.15, -0.1) is 0 Å². The second-order valence-corrected chi connectivity index (χ2v) is 5.12. The van der Waals surface area contributed by atoms with E-state index in [4.69, 9.17) is 4.74 Å². The number of carbonyl (C=O) groups excluding carboxylic acids is 2. The maximum atomic E-state index is 12.2. The number of nitrogens with zero attached hydrogens (tertiary/aromatic N) is 1. The molecule has 1 atom stereocenters. The molecule has 0 radical (unpaired) electrons. The van der Waals surface area contributed by atoms with Crippen LogP contribution in [0.2, 0.25) is 0 Å². The zero-order valence-corrected chi connectivity index (χ0v) is 12.2. The Morgan fingerprint density at radius 1 is 1.39 bits per heavy atom. The molecular weight excluding hydrogens is 298 g/mol. The molecule has 1 heterocycles. The van der Waals surface area contributed by atoms with Gasteiger partial charge in [-0.25, -0.2) is 0 Å². The Morgan fingerprint density at radius 2 is 2.06 bits per heavy atom. The molecule has 0 aliphatic rings. The van der Waals surface area contributed by atoms with Crippen LogP contribution in [0, 0.1) is 11.8 Å². The molecule has 98 valence electrons. The maximum absolute atomic E-state index is 12.2. The largest absolute Gasteiger partial charge is 0.465 e. The fourth-order valence-corrected chi connectivity index (χ4v) is 1.83. The van der Waals surface area contributed by atoms with Crippen LogP contribution >= 0.6 is 15.9 Å². The normalized spacial score (nSPS) is 12.3. The van der Waals surface area contributed by atoms with Gasteiger partial charge >= 0.3 is 5.97 Å². The molecule has 18 heavy (non-hydrogen) atoms. The fourth-order valence-electron chi connectivity index (χ4n) is 1.59. The standard InChI is InChI=1S/C13H16BrNO3/c1-4-18-13(17)11(8(2)3)12(16)10-6-5-9(14)7-15-10/h5-8,11H,4H2,1-3H3. The van der Waals surface area contributed by atoms with E-state index in [2.05, 4.69) is 20.9 Å². The number of esters is 1.